The number of rotatable bonds is 11. The Labute approximate surface area is 108 Å². The van der Waals surface area contributed by atoms with Crippen molar-refractivity contribution in [1.29, 1.82) is 0 Å². The van der Waals surface area contributed by atoms with Crippen molar-refractivity contribution in [2.75, 3.05) is 19.1 Å². The second-order valence-electron chi connectivity index (χ2n) is 3.92. The number of hydrogen-bond acceptors (Lipinski definition) is 1. The van der Waals surface area contributed by atoms with Crippen molar-refractivity contribution in [1.82, 2.24) is 0 Å². The molecule has 0 amide bonds. The van der Waals surface area contributed by atoms with Gasteiger partial charge < -0.3 is 4.74 Å². The van der Waals surface area contributed by atoms with Gasteiger partial charge in [0, 0.05) is 10.7 Å². The van der Waals surface area contributed by atoms with Crippen LogP contribution >= 0.6 is 27.5 Å². The molecule has 0 aromatic heterocycles. The van der Waals surface area contributed by atoms with Crippen LogP contribution in [0.2, 0.25) is 0 Å². The molecule has 92 valence electrons. The Kier molecular flexibility index (Phi) is 13.4. The van der Waals surface area contributed by atoms with E-state index in [2.05, 4.69) is 22.9 Å². The normalized spacial score (nSPS) is 13.0. The van der Waals surface area contributed by atoms with Crippen LogP contribution in [0.5, 0.6) is 0 Å². The number of alkyl halides is 2. The summed E-state index contributed by atoms with van der Waals surface area (Å²) in [5.41, 5.74) is 0. The van der Waals surface area contributed by atoms with Gasteiger partial charge >= 0.3 is 0 Å². The van der Waals surface area contributed by atoms with Crippen molar-refractivity contribution in [2.24, 2.45) is 0 Å². The van der Waals surface area contributed by atoms with Gasteiger partial charge in [0.15, 0.2) is 0 Å². The summed E-state index contributed by atoms with van der Waals surface area (Å²) in [6.07, 6.45) is 9.38. The number of unbranched alkanes of at least 4 members (excludes halogenated alkanes) is 5. The van der Waals surface area contributed by atoms with Crippen molar-refractivity contribution >= 4 is 27.5 Å². The molecule has 0 aliphatic rings. The summed E-state index contributed by atoms with van der Waals surface area (Å²) in [5.74, 6) is 0.594. The molecule has 15 heavy (non-hydrogen) atoms. The predicted octanol–water partition coefficient (Wildman–Crippen LogP) is 4.76. The highest BCUT2D eigenvalue weighted by atomic mass is 79.9. The van der Waals surface area contributed by atoms with E-state index in [0.29, 0.717) is 17.3 Å². The molecule has 0 radical (unpaired) electrons. The minimum absolute atomic E-state index is 0.506. The number of hydrogen-bond donors (Lipinski definition) is 0. The maximum Gasteiger partial charge on any atom is 0.0602 e. The third-order valence-electron chi connectivity index (χ3n) is 2.39. The van der Waals surface area contributed by atoms with Crippen LogP contribution in [0.4, 0.5) is 0 Å². The van der Waals surface area contributed by atoms with Crippen LogP contribution in [0.3, 0.4) is 0 Å². The Balaban J connectivity index is 3.06. The Morgan fingerprint density at radius 3 is 2.47 bits per heavy atom. The first kappa shape index (κ1) is 15.7. The zero-order chi connectivity index (χ0) is 11.4. The maximum absolute atomic E-state index is 5.52. The quantitative estimate of drug-likeness (QED) is 0.395. The fourth-order valence-corrected chi connectivity index (χ4v) is 2.12. The molecule has 0 fully saturated rings. The Bertz CT molecular complexity index is 122. The largest absolute Gasteiger partial charge is 0.379 e. The number of ether oxygens (including phenoxy) is 1. The Hall–Kier alpha value is 0.730. The molecule has 0 spiro atoms. The zero-order valence-electron chi connectivity index (χ0n) is 9.81. The summed E-state index contributed by atoms with van der Waals surface area (Å²) in [6.45, 7) is 3.71. The van der Waals surface area contributed by atoms with Crippen molar-refractivity contribution in [2.45, 2.75) is 56.7 Å². The smallest absolute Gasteiger partial charge is 0.0602 e. The predicted molar refractivity (Wildman–Crippen MR) is 72.2 cm³/mol. The zero-order valence-corrected chi connectivity index (χ0v) is 12.2. The van der Waals surface area contributed by atoms with Gasteiger partial charge in [0.05, 0.1) is 13.2 Å². The van der Waals surface area contributed by atoms with Crippen LogP contribution in [-0.4, -0.2) is 23.9 Å². The molecule has 0 rings (SSSR count). The molecule has 1 atom stereocenters. The van der Waals surface area contributed by atoms with Crippen LogP contribution in [0, 0.1) is 0 Å². The van der Waals surface area contributed by atoms with Crippen LogP contribution in [-0.2, 0) is 4.74 Å². The highest BCUT2D eigenvalue weighted by Crippen LogP contribution is 2.13. The third-order valence-corrected chi connectivity index (χ3v) is 3.27. The van der Waals surface area contributed by atoms with E-state index in [9.17, 15) is 0 Å². The van der Waals surface area contributed by atoms with Crippen LogP contribution < -0.4 is 0 Å². The first-order valence-electron chi connectivity index (χ1n) is 6.09. The van der Waals surface area contributed by atoms with Crippen LogP contribution in [0.1, 0.15) is 51.9 Å². The molecule has 0 saturated heterocycles. The topological polar surface area (TPSA) is 9.23 Å². The van der Waals surface area contributed by atoms with Gasteiger partial charge in [-0.1, -0.05) is 61.4 Å². The summed E-state index contributed by atoms with van der Waals surface area (Å²) in [6, 6.07) is 0. The van der Waals surface area contributed by atoms with Crippen LogP contribution in [0.15, 0.2) is 0 Å². The minimum Gasteiger partial charge on any atom is -0.379 e. The van der Waals surface area contributed by atoms with E-state index in [1.54, 1.807) is 0 Å². The van der Waals surface area contributed by atoms with Gasteiger partial charge in [-0.05, 0) is 6.42 Å². The van der Waals surface area contributed by atoms with Crippen molar-refractivity contribution in [3.05, 3.63) is 0 Å². The Morgan fingerprint density at radius 2 is 1.80 bits per heavy atom. The molecule has 0 bridgehead atoms. The molecule has 3 heteroatoms. The molecular formula is C12H24BrClO. The van der Waals surface area contributed by atoms with Gasteiger partial charge in [-0.3, -0.25) is 0 Å². The summed E-state index contributed by atoms with van der Waals surface area (Å²) >= 11 is 9.14. The first-order chi connectivity index (χ1) is 7.31. The minimum atomic E-state index is 0.506. The lowest BCUT2D eigenvalue weighted by atomic mass is 10.1. The van der Waals surface area contributed by atoms with Gasteiger partial charge in [-0.15, -0.1) is 11.6 Å². The summed E-state index contributed by atoms with van der Waals surface area (Å²) in [4.78, 5) is 0.506. The number of halogens is 2. The molecule has 0 heterocycles. The first-order valence-corrected chi connectivity index (χ1v) is 7.54. The second kappa shape index (κ2) is 12.8. The molecule has 0 aromatic carbocycles. The van der Waals surface area contributed by atoms with Gasteiger partial charge in [-0.25, -0.2) is 0 Å². The van der Waals surface area contributed by atoms with E-state index in [-0.39, 0.29) is 0 Å². The van der Waals surface area contributed by atoms with Crippen molar-refractivity contribution < 1.29 is 4.74 Å². The van der Waals surface area contributed by atoms with E-state index in [1.807, 2.05) is 0 Å². The van der Waals surface area contributed by atoms with Crippen LogP contribution in [0.25, 0.3) is 0 Å². The van der Waals surface area contributed by atoms with Gasteiger partial charge in [0.1, 0.15) is 0 Å². The van der Waals surface area contributed by atoms with Gasteiger partial charge in [0.25, 0.3) is 0 Å². The molecular weight excluding hydrogens is 275 g/mol. The van der Waals surface area contributed by atoms with E-state index in [4.69, 9.17) is 16.3 Å². The average molecular weight is 300 g/mol. The van der Waals surface area contributed by atoms with Crippen molar-refractivity contribution in [3.63, 3.8) is 0 Å². The van der Waals surface area contributed by atoms with Gasteiger partial charge in [-0.2, -0.15) is 0 Å². The van der Waals surface area contributed by atoms with Gasteiger partial charge in [0.2, 0.25) is 0 Å². The fourth-order valence-electron chi connectivity index (χ4n) is 1.50. The monoisotopic (exact) mass is 298 g/mol. The summed E-state index contributed by atoms with van der Waals surface area (Å²) < 4.78 is 5.36. The highest BCUT2D eigenvalue weighted by Gasteiger charge is 2.03. The highest BCUT2D eigenvalue weighted by molar-refractivity contribution is 9.09. The summed E-state index contributed by atoms with van der Waals surface area (Å²) in [5, 5.41) is 0. The van der Waals surface area contributed by atoms with E-state index in [0.717, 1.165) is 6.61 Å². The molecule has 0 saturated carbocycles. The van der Waals surface area contributed by atoms with E-state index in [1.165, 1.54) is 44.9 Å². The maximum atomic E-state index is 5.52. The average Bonchev–Trinajstić information content (AvgIpc) is 2.23. The SMILES string of the molecule is CCCCCCCCC(Br)COCCCl. The standard InChI is InChI=1S/C12H24BrClO/c1-2-3-4-5-6-7-8-12(13)11-15-10-9-14/h12H,2-11H2,1H3. The molecule has 0 aromatic rings. The Morgan fingerprint density at radius 1 is 1.13 bits per heavy atom. The third kappa shape index (κ3) is 12.7. The molecule has 1 nitrogen and oxygen atoms in total. The lowest BCUT2D eigenvalue weighted by Gasteiger charge is -2.09. The van der Waals surface area contributed by atoms with E-state index >= 15 is 0 Å². The fraction of sp³-hybridized carbons (Fsp3) is 1.00. The second-order valence-corrected chi connectivity index (χ2v) is 5.59. The molecule has 1 unspecified atom stereocenters. The van der Waals surface area contributed by atoms with E-state index < -0.39 is 0 Å². The van der Waals surface area contributed by atoms with Crippen molar-refractivity contribution in [3.8, 4) is 0 Å². The lowest BCUT2D eigenvalue weighted by Crippen LogP contribution is -2.09. The summed E-state index contributed by atoms with van der Waals surface area (Å²) in [7, 11) is 0. The molecule has 0 aliphatic carbocycles. The lowest BCUT2D eigenvalue weighted by molar-refractivity contribution is 0.149. The molecule has 0 N–H and O–H groups in total. The molecule has 0 aliphatic heterocycles.